The van der Waals surface area contributed by atoms with E-state index in [1.807, 2.05) is 0 Å². The van der Waals surface area contributed by atoms with Crippen LogP contribution in [0.25, 0.3) is 5.57 Å². The van der Waals surface area contributed by atoms with Crippen LogP contribution >= 0.6 is 46.4 Å². The van der Waals surface area contributed by atoms with Crippen LogP contribution in [0.1, 0.15) is 5.69 Å². The lowest BCUT2D eigenvalue weighted by molar-refractivity contribution is -0.150. The fourth-order valence-corrected chi connectivity index (χ4v) is 5.99. The van der Waals surface area contributed by atoms with Gasteiger partial charge in [0.15, 0.2) is 5.13 Å². The van der Waals surface area contributed by atoms with Crippen LogP contribution < -0.4 is 11.1 Å². The molecule has 0 unspecified atom stereocenters. The molecule has 30 heavy (non-hydrogen) atoms. The minimum Gasteiger partial charge on any atom is -0.477 e. The summed E-state index contributed by atoms with van der Waals surface area (Å²) >= 11 is 5.33. The number of nitrogens with zero attached hydrogens (tertiary/aromatic N) is 4. The van der Waals surface area contributed by atoms with Crippen molar-refractivity contribution in [1.29, 1.82) is 0 Å². The number of aliphatic carboxylic acids is 1. The van der Waals surface area contributed by atoms with E-state index in [2.05, 4.69) is 19.9 Å². The quantitative estimate of drug-likeness (QED) is 0.297. The van der Waals surface area contributed by atoms with E-state index in [1.54, 1.807) is 17.7 Å². The monoisotopic (exact) mass is 482 g/mol. The summed E-state index contributed by atoms with van der Waals surface area (Å²) in [6, 6.07) is -0.803. The number of thiazole rings is 1. The fraction of sp³-hybridized carbons (Fsp3) is 0.250. The normalized spacial score (nSPS) is 20.9. The number of carbonyl (C=O) groups is 3. The molecule has 2 aliphatic heterocycles. The zero-order valence-corrected chi connectivity index (χ0v) is 18.3. The van der Waals surface area contributed by atoms with Crippen LogP contribution in [0.15, 0.2) is 33.6 Å². The molecule has 2 aromatic rings. The minimum absolute atomic E-state index is 0.0492. The molecule has 0 aromatic carbocycles. The minimum atomic E-state index is -1.16. The average Bonchev–Trinajstić information content (AvgIpc) is 3.40. The number of fused-ring (bicyclic) bond motifs is 1. The number of hydrogen-bond acceptors (Lipinski definition) is 11. The number of carboxylic acids is 1. The van der Waals surface area contributed by atoms with Gasteiger partial charge in [0, 0.05) is 16.9 Å². The fourth-order valence-electron chi connectivity index (χ4n) is 2.91. The van der Waals surface area contributed by atoms with Gasteiger partial charge in [-0.2, -0.15) is 0 Å². The van der Waals surface area contributed by atoms with Gasteiger partial charge in [0.1, 0.15) is 21.3 Å². The third-order valence-corrected chi connectivity index (χ3v) is 7.87. The molecule has 0 bridgehead atoms. The predicted octanol–water partition coefficient (Wildman–Crippen LogP) is 1.12. The number of carboxylic acid groups (broad SMARTS) is 1. The summed E-state index contributed by atoms with van der Waals surface area (Å²) < 4.78 is 4.70. The summed E-state index contributed by atoms with van der Waals surface area (Å²) in [6.45, 7) is 0. The van der Waals surface area contributed by atoms with E-state index in [1.165, 1.54) is 57.4 Å². The summed E-state index contributed by atoms with van der Waals surface area (Å²) in [6.07, 6.45) is 4.85. The molecule has 1 fully saturated rings. The maximum Gasteiger partial charge on any atom is 0.352 e. The van der Waals surface area contributed by atoms with Crippen LogP contribution in [0.2, 0.25) is 0 Å². The van der Waals surface area contributed by atoms with Gasteiger partial charge in [0.05, 0.1) is 17.5 Å². The zero-order chi connectivity index (χ0) is 21.3. The maximum absolute atomic E-state index is 13.0. The van der Waals surface area contributed by atoms with Gasteiger partial charge in [-0.05, 0) is 17.6 Å². The Bertz CT molecular complexity index is 1050. The second kappa shape index (κ2) is 8.75. The van der Waals surface area contributed by atoms with E-state index in [-0.39, 0.29) is 5.70 Å². The maximum atomic E-state index is 13.0. The van der Waals surface area contributed by atoms with Gasteiger partial charge < -0.3 is 16.2 Å². The van der Waals surface area contributed by atoms with Crippen LogP contribution in [0.5, 0.6) is 0 Å². The van der Waals surface area contributed by atoms with Gasteiger partial charge in [-0.25, -0.2) is 9.78 Å². The van der Waals surface area contributed by atoms with E-state index < -0.39 is 29.2 Å². The number of carbonyl (C=O) groups excluding carboxylic acids is 2. The molecule has 14 heteroatoms. The number of β-lactam (4-membered cyclic amide) rings is 1. The first-order chi connectivity index (χ1) is 14.5. The first-order valence-electron chi connectivity index (χ1n) is 8.46. The van der Waals surface area contributed by atoms with Crippen LogP contribution in [0.3, 0.4) is 0 Å². The van der Waals surface area contributed by atoms with Crippen LogP contribution in [-0.2, 0) is 14.4 Å². The summed E-state index contributed by atoms with van der Waals surface area (Å²) in [5, 5.41) is 17.3. The molecule has 2 aliphatic rings. The number of aromatic nitrogens is 3. The van der Waals surface area contributed by atoms with E-state index in [0.717, 1.165) is 4.21 Å². The topological polar surface area (TPSA) is 151 Å². The predicted molar refractivity (Wildman–Crippen MR) is 116 cm³/mol. The highest BCUT2D eigenvalue weighted by Gasteiger charge is 2.52. The Hall–Kier alpha value is -2.42. The van der Waals surface area contributed by atoms with Gasteiger partial charge >= 0.3 is 5.97 Å². The SMILES string of the molecule is Nc1nc(/C(=C/CSc2cnns2)C(=O)N[C@@H]2C(=O)N3C(C(=O)O)=CCS[C@H]23)cs1. The summed E-state index contributed by atoms with van der Waals surface area (Å²) in [5.74, 6) is -1.15. The lowest BCUT2D eigenvalue weighted by Crippen LogP contribution is -2.70. The highest BCUT2D eigenvalue weighted by atomic mass is 32.2. The third-order valence-electron chi connectivity index (χ3n) is 4.25. The van der Waals surface area contributed by atoms with E-state index in [9.17, 15) is 19.5 Å². The van der Waals surface area contributed by atoms with Crippen LogP contribution in [-0.4, -0.2) is 65.3 Å². The number of nitrogen functional groups attached to an aromatic ring is 1. The first kappa shape index (κ1) is 20.8. The molecule has 4 rings (SSSR count). The van der Waals surface area contributed by atoms with Gasteiger partial charge in [-0.15, -0.1) is 40.0 Å². The molecular weight excluding hydrogens is 468 g/mol. The smallest absolute Gasteiger partial charge is 0.352 e. The Kier molecular flexibility index (Phi) is 6.08. The molecule has 2 atom stereocenters. The van der Waals surface area contributed by atoms with Crippen molar-refractivity contribution in [3.8, 4) is 0 Å². The molecule has 2 amide bonds. The number of anilines is 1. The molecule has 0 radical (unpaired) electrons. The zero-order valence-electron chi connectivity index (χ0n) is 15.0. The Balaban J connectivity index is 1.49. The molecule has 4 heterocycles. The van der Waals surface area contributed by atoms with E-state index in [4.69, 9.17) is 5.73 Å². The van der Waals surface area contributed by atoms with Crippen molar-refractivity contribution in [2.24, 2.45) is 0 Å². The second-order valence-electron chi connectivity index (χ2n) is 6.01. The Morgan fingerprint density at radius 2 is 2.30 bits per heavy atom. The molecule has 156 valence electrons. The van der Waals surface area contributed by atoms with Crippen molar-refractivity contribution < 1.29 is 19.5 Å². The number of nitrogens with one attached hydrogen (secondary N) is 1. The average molecular weight is 483 g/mol. The lowest BCUT2D eigenvalue weighted by Gasteiger charge is -2.48. The molecular formula is C16H14N6O4S4. The largest absolute Gasteiger partial charge is 0.477 e. The lowest BCUT2D eigenvalue weighted by atomic mass is 10.0. The van der Waals surface area contributed by atoms with Crippen LogP contribution in [0, 0.1) is 0 Å². The number of hydrogen-bond donors (Lipinski definition) is 3. The van der Waals surface area contributed by atoms with Crippen molar-refractivity contribution in [3.63, 3.8) is 0 Å². The van der Waals surface area contributed by atoms with Crippen LogP contribution in [0.4, 0.5) is 5.13 Å². The van der Waals surface area contributed by atoms with Gasteiger partial charge in [0.2, 0.25) is 0 Å². The Morgan fingerprint density at radius 3 is 2.97 bits per heavy atom. The Labute approximate surface area is 186 Å². The highest BCUT2D eigenvalue weighted by Crippen LogP contribution is 2.37. The summed E-state index contributed by atoms with van der Waals surface area (Å²) in [7, 11) is 0. The molecule has 10 nitrogen and oxygen atoms in total. The standard InChI is InChI=1S/C16H14N6O4S4/c17-16-19-8(6-29-16)7(1-3-27-10-5-18-21-30-10)12(23)20-11-13(24)22-9(15(25)26)2-4-28-14(11)22/h1-2,5-6,11,14H,3-4H2,(H2,17,19)(H,20,23)(H,25,26)/b7-1-/t11-,14-/m1/s1. The van der Waals surface area contributed by atoms with Crippen molar-refractivity contribution in [1.82, 2.24) is 24.8 Å². The van der Waals surface area contributed by atoms with E-state index >= 15 is 0 Å². The number of thioether (sulfide) groups is 2. The molecule has 1 saturated heterocycles. The third kappa shape index (κ3) is 4.08. The summed E-state index contributed by atoms with van der Waals surface area (Å²) in [5.41, 5.74) is 6.39. The van der Waals surface area contributed by atoms with Crippen molar-refractivity contribution in [3.05, 3.63) is 35.1 Å². The number of rotatable bonds is 7. The van der Waals surface area contributed by atoms with E-state index in [0.29, 0.717) is 27.9 Å². The molecule has 4 N–H and O–H groups in total. The van der Waals surface area contributed by atoms with Gasteiger partial charge in [-0.1, -0.05) is 10.6 Å². The van der Waals surface area contributed by atoms with Crippen molar-refractivity contribution in [2.45, 2.75) is 15.6 Å². The second-order valence-corrected chi connectivity index (χ2v) is 10.2. The van der Waals surface area contributed by atoms with Crippen molar-refractivity contribution in [2.75, 3.05) is 17.2 Å². The number of nitrogens with two attached hydrogens (primary N) is 1. The highest BCUT2D eigenvalue weighted by molar-refractivity contribution is 8.01. The van der Waals surface area contributed by atoms with Gasteiger partial charge in [0.25, 0.3) is 11.8 Å². The molecule has 2 aromatic heterocycles. The molecule has 0 aliphatic carbocycles. The first-order valence-corrected chi connectivity index (χ1v) is 12.1. The van der Waals surface area contributed by atoms with Gasteiger partial charge in [-0.3, -0.25) is 14.5 Å². The summed E-state index contributed by atoms with van der Waals surface area (Å²) in [4.78, 5) is 42.2. The van der Waals surface area contributed by atoms with Crippen molar-refractivity contribution >= 4 is 74.9 Å². The Morgan fingerprint density at radius 1 is 1.47 bits per heavy atom. The molecule has 0 spiro atoms. The molecule has 0 saturated carbocycles. The number of amides is 2.